The Hall–Kier alpha value is -1.16. The predicted octanol–water partition coefficient (Wildman–Crippen LogP) is 2.03. The second-order valence-corrected chi connectivity index (χ2v) is 5.93. The van der Waals surface area contributed by atoms with Gasteiger partial charge in [0.1, 0.15) is 0 Å². The van der Waals surface area contributed by atoms with Gasteiger partial charge in [-0.2, -0.15) is 11.8 Å². The van der Waals surface area contributed by atoms with Gasteiger partial charge < -0.3 is 11.1 Å². The molecule has 1 aliphatic heterocycles. The highest BCUT2D eigenvalue weighted by Crippen LogP contribution is 2.25. The van der Waals surface area contributed by atoms with Crippen LogP contribution in [0.1, 0.15) is 18.4 Å². The van der Waals surface area contributed by atoms with Crippen molar-refractivity contribution in [3.63, 3.8) is 0 Å². The molecule has 3 nitrogen and oxygen atoms in total. The zero-order valence-corrected chi connectivity index (χ0v) is 11.5. The fraction of sp³-hybridized carbons (Fsp3) is 0.500. The minimum Gasteiger partial charge on any atom is -0.370 e. The van der Waals surface area contributed by atoms with E-state index < -0.39 is 0 Å². The Morgan fingerprint density at radius 3 is 2.94 bits per heavy atom. The summed E-state index contributed by atoms with van der Waals surface area (Å²) in [5, 5.41) is 3.85. The number of hydrogen-bond donors (Lipinski definition) is 2. The molecule has 1 aromatic carbocycles. The van der Waals surface area contributed by atoms with E-state index >= 15 is 0 Å². The van der Waals surface area contributed by atoms with Gasteiger partial charge in [-0.05, 0) is 30.6 Å². The van der Waals surface area contributed by atoms with E-state index in [1.165, 1.54) is 24.2 Å². The second kappa shape index (κ2) is 7.31. The van der Waals surface area contributed by atoms with Crippen molar-refractivity contribution >= 4 is 17.7 Å². The zero-order valence-electron chi connectivity index (χ0n) is 10.6. The molecule has 0 spiro atoms. The van der Waals surface area contributed by atoms with Gasteiger partial charge in [0.2, 0.25) is 0 Å². The summed E-state index contributed by atoms with van der Waals surface area (Å²) in [5.74, 6) is 1.86. The summed E-state index contributed by atoms with van der Waals surface area (Å²) >= 11 is 2.01. The maximum atomic E-state index is 5.85. The normalized spacial score (nSPS) is 20.0. The Morgan fingerprint density at radius 1 is 1.39 bits per heavy atom. The molecular weight excluding hydrogens is 242 g/mol. The van der Waals surface area contributed by atoms with Crippen LogP contribution in [0.15, 0.2) is 35.3 Å². The third-order valence-corrected chi connectivity index (χ3v) is 4.43. The third kappa shape index (κ3) is 4.61. The molecule has 4 heteroatoms. The fourth-order valence-corrected chi connectivity index (χ4v) is 3.20. The Balaban J connectivity index is 1.64. The number of nitrogens with one attached hydrogen (secondary N) is 1. The molecule has 2 rings (SSSR count). The zero-order chi connectivity index (χ0) is 12.6. The summed E-state index contributed by atoms with van der Waals surface area (Å²) in [7, 11) is 0. The molecule has 0 radical (unpaired) electrons. The number of thioether (sulfide) groups is 1. The van der Waals surface area contributed by atoms with Crippen LogP contribution in [0.4, 0.5) is 0 Å². The van der Waals surface area contributed by atoms with Gasteiger partial charge in [-0.25, -0.2) is 0 Å². The Morgan fingerprint density at radius 2 is 2.22 bits per heavy atom. The van der Waals surface area contributed by atoms with Crippen molar-refractivity contribution in [3.8, 4) is 0 Å². The van der Waals surface area contributed by atoms with Crippen molar-refractivity contribution in [2.45, 2.75) is 24.5 Å². The van der Waals surface area contributed by atoms with Crippen molar-refractivity contribution < 1.29 is 0 Å². The summed E-state index contributed by atoms with van der Waals surface area (Å²) in [4.78, 5) is 4.40. The van der Waals surface area contributed by atoms with E-state index in [4.69, 9.17) is 5.73 Å². The lowest BCUT2D eigenvalue weighted by Crippen LogP contribution is -2.33. The van der Waals surface area contributed by atoms with Crippen LogP contribution in [0.3, 0.4) is 0 Å². The molecule has 0 bridgehead atoms. The van der Waals surface area contributed by atoms with Crippen molar-refractivity contribution in [3.05, 3.63) is 35.9 Å². The molecule has 1 heterocycles. The molecule has 0 aliphatic carbocycles. The van der Waals surface area contributed by atoms with Crippen molar-refractivity contribution in [1.29, 1.82) is 0 Å². The first-order valence-electron chi connectivity index (χ1n) is 6.54. The molecule has 0 saturated carbocycles. The van der Waals surface area contributed by atoms with Crippen molar-refractivity contribution in [2.24, 2.45) is 10.7 Å². The lowest BCUT2D eigenvalue weighted by atomic mass is 10.1. The van der Waals surface area contributed by atoms with Gasteiger partial charge in [-0.1, -0.05) is 30.3 Å². The number of guanidine groups is 1. The van der Waals surface area contributed by atoms with Gasteiger partial charge in [-0.3, -0.25) is 4.99 Å². The molecule has 18 heavy (non-hydrogen) atoms. The molecule has 1 saturated heterocycles. The largest absolute Gasteiger partial charge is 0.370 e. The quantitative estimate of drug-likeness (QED) is 0.631. The molecule has 98 valence electrons. The van der Waals surface area contributed by atoms with Gasteiger partial charge in [0.25, 0.3) is 0 Å². The molecule has 3 N–H and O–H groups in total. The molecule has 1 unspecified atom stereocenters. The van der Waals surface area contributed by atoms with Crippen LogP contribution in [-0.2, 0) is 6.42 Å². The maximum Gasteiger partial charge on any atom is 0.188 e. The number of nitrogens with two attached hydrogens (primary N) is 1. The third-order valence-electron chi connectivity index (χ3n) is 3.05. The number of rotatable bonds is 5. The van der Waals surface area contributed by atoms with Crippen LogP contribution >= 0.6 is 11.8 Å². The predicted molar refractivity (Wildman–Crippen MR) is 80.1 cm³/mol. The smallest absolute Gasteiger partial charge is 0.188 e. The highest BCUT2D eigenvalue weighted by Gasteiger charge is 2.14. The Labute approximate surface area is 113 Å². The molecule has 1 aliphatic rings. The van der Waals surface area contributed by atoms with Crippen LogP contribution < -0.4 is 11.1 Å². The summed E-state index contributed by atoms with van der Waals surface area (Å²) in [6.45, 7) is 1.70. The molecule has 1 aromatic rings. The van der Waals surface area contributed by atoms with E-state index in [1.54, 1.807) is 0 Å². The molecule has 0 amide bonds. The second-order valence-electron chi connectivity index (χ2n) is 4.52. The minimum absolute atomic E-state index is 0.582. The first-order valence-corrected chi connectivity index (χ1v) is 7.59. The average molecular weight is 263 g/mol. The van der Waals surface area contributed by atoms with Gasteiger partial charge >= 0.3 is 0 Å². The number of nitrogens with zero attached hydrogens (tertiary/aromatic N) is 1. The van der Waals surface area contributed by atoms with Crippen LogP contribution in [-0.4, -0.2) is 30.1 Å². The molecule has 0 aromatic heterocycles. The monoisotopic (exact) mass is 263 g/mol. The number of hydrogen-bond acceptors (Lipinski definition) is 2. The maximum absolute atomic E-state index is 5.85. The van der Waals surface area contributed by atoms with Gasteiger partial charge in [-0.15, -0.1) is 0 Å². The van der Waals surface area contributed by atoms with Gasteiger partial charge in [0.15, 0.2) is 5.96 Å². The Kier molecular flexibility index (Phi) is 5.39. The Bertz CT molecular complexity index is 372. The first kappa shape index (κ1) is 13.3. The summed E-state index contributed by atoms with van der Waals surface area (Å²) in [6.07, 6.45) is 3.59. The van der Waals surface area contributed by atoms with E-state index in [0.29, 0.717) is 11.2 Å². The van der Waals surface area contributed by atoms with Gasteiger partial charge in [0, 0.05) is 11.8 Å². The van der Waals surface area contributed by atoms with Crippen LogP contribution in [0, 0.1) is 0 Å². The summed E-state index contributed by atoms with van der Waals surface area (Å²) in [6, 6.07) is 10.4. The first-order chi connectivity index (χ1) is 8.84. The molecule has 1 fully saturated rings. The van der Waals surface area contributed by atoms with Crippen LogP contribution in [0.25, 0.3) is 0 Å². The van der Waals surface area contributed by atoms with E-state index in [-0.39, 0.29) is 0 Å². The van der Waals surface area contributed by atoms with Crippen LogP contribution in [0.2, 0.25) is 0 Å². The lowest BCUT2D eigenvalue weighted by Gasteiger charge is -2.08. The SMILES string of the molecule is NC(=NCC1CCCS1)NCCc1ccccc1. The lowest BCUT2D eigenvalue weighted by molar-refractivity contribution is 0.777. The average Bonchev–Trinajstić information content (AvgIpc) is 2.91. The summed E-state index contributed by atoms with van der Waals surface area (Å²) < 4.78 is 0. The summed E-state index contributed by atoms with van der Waals surface area (Å²) in [5.41, 5.74) is 7.17. The number of aliphatic imine (C=N–C) groups is 1. The number of benzene rings is 1. The van der Waals surface area contributed by atoms with E-state index in [1.807, 2.05) is 17.8 Å². The van der Waals surface area contributed by atoms with E-state index in [9.17, 15) is 0 Å². The minimum atomic E-state index is 0.582. The van der Waals surface area contributed by atoms with E-state index in [0.717, 1.165) is 19.5 Å². The molecular formula is C14H21N3S. The molecule has 1 atom stereocenters. The highest BCUT2D eigenvalue weighted by molar-refractivity contribution is 8.00. The fourth-order valence-electron chi connectivity index (χ4n) is 2.02. The highest BCUT2D eigenvalue weighted by atomic mass is 32.2. The van der Waals surface area contributed by atoms with Crippen molar-refractivity contribution in [2.75, 3.05) is 18.8 Å². The standard InChI is InChI=1S/C14H21N3S/c15-14(17-11-13-7-4-10-18-13)16-9-8-12-5-2-1-3-6-12/h1-3,5-6,13H,4,7-11H2,(H3,15,16,17). The van der Waals surface area contributed by atoms with Crippen LogP contribution in [0.5, 0.6) is 0 Å². The van der Waals surface area contributed by atoms with Crippen molar-refractivity contribution in [1.82, 2.24) is 5.32 Å². The van der Waals surface area contributed by atoms with Gasteiger partial charge in [0.05, 0.1) is 6.54 Å². The van der Waals surface area contributed by atoms with E-state index in [2.05, 4.69) is 34.6 Å². The topological polar surface area (TPSA) is 50.4 Å².